The lowest BCUT2D eigenvalue weighted by Crippen LogP contribution is -2.66. The fourth-order valence-electron chi connectivity index (χ4n) is 2.80. The van der Waals surface area contributed by atoms with Gasteiger partial charge in [0.05, 0.1) is 0 Å². The molecule has 0 aromatic heterocycles. The molecule has 2 aromatic rings. The topological polar surface area (TPSA) is 27.7 Å². The van der Waals surface area contributed by atoms with Gasteiger partial charge in [-0.3, -0.25) is 0 Å². The van der Waals surface area contributed by atoms with Crippen molar-refractivity contribution in [3.63, 3.8) is 0 Å². The largest absolute Gasteiger partial charge is 0.518 e. The van der Waals surface area contributed by atoms with Gasteiger partial charge in [-0.2, -0.15) is 0 Å². The Labute approximate surface area is 141 Å². The zero-order valence-electron chi connectivity index (χ0n) is 14.0. The van der Waals surface area contributed by atoms with Gasteiger partial charge in [0, 0.05) is 14.2 Å². The summed E-state index contributed by atoms with van der Waals surface area (Å²) < 4.78 is 18.0. The highest BCUT2D eigenvalue weighted by Gasteiger charge is 2.48. The molecule has 0 saturated carbocycles. The predicted molar refractivity (Wildman–Crippen MR) is 99.4 cm³/mol. The van der Waals surface area contributed by atoms with E-state index in [1.165, 1.54) is 10.4 Å². The molecule has 3 nitrogen and oxygen atoms in total. The molecule has 0 amide bonds. The van der Waals surface area contributed by atoms with Crippen LogP contribution >= 0.6 is 0 Å². The lowest BCUT2D eigenvalue weighted by Gasteiger charge is -2.38. The van der Waals surface area contributed by atoms with Crippen LogP contribution < -0.4 is 10.4 Å². The minimum atomic E-state index is -2.91. The van der Waals surface area contributed by atoms with Crippen molar-refractivity contribution >= 4 is 27.5 Å². The summed E-state index contributed by atoms with van der Waals surface area (Å²) in [5.41, 5.74) is 1.70. The maximum absolute atomic E-state index is 6.71. The summed E-state index contributed by atoms with van der Waals surface area (Å²) in [6, 6.07) is 21.7. The zero-order chi connectivity index (χ0) is 16.8. The standard InChI is InChI=1S/C18H24O3Si2/c1-5-22(17-13-9-7-10-14-17,18-15-11-8-12-16-18)21-23(6-2,19-3)20-4/h6-16H,2,5H2,1,3-4H3. The number of rotatable bonds is 8. The third-order valence-electron chi connectivity index (χ3n) is 4.11. The Kier molecular flexibility index (Phi) is 6.09. The smallest absolute Gasteiger partial charge is 0.404 e. The molecule has 0 unspecified atom stereocenters. The fourth-order valence-corrected chi connectivity index (χ4v) is 10.4. The summed E-state index contributed by atoms with van der Waals surface area (Å²) in [7, 11) is -2.14. The second-order valence-corrected chi connectivity index (χ2v) is 12.0. The molecule has 0 atom stereocenters. The number of hydrogen-bond donors (Lipinski definition) is 0. The van der Waals surface area contributed by atoms with Crippen molar-refractivity contribution in [3.05, 3.63) is 72.9 Å². The van der Waals surface area contributed by atoms with E-state index in [0.29, 0.717) is 0 Å². The Hall–Kier alpha value is -1.51. The third-order valence-corrected chi connectivity index (χ3v) is 11.8. The van der Waals surface area contributed by atoms with Gasteiger partial charge >= 0.3 is 8.80 Å². The normalized spacial score (nSPS) is 12.1. The molecule has 0 heterocycles. The average Bonchev–Trinajstić information content (AvgIpc) is 2.65. The van der Waals surface area contributed by atoms with Crippen molar-refractivity contribution in [2.24, 2.45) is 0 Å². The van der Waals surface area contributed by atoms with Crippen molar-refractivity contribution in [2.45, 2.75) is 13.0 Å². The van der Waals surface area contributed by atoms with Crippen molar-refractivity contribution in [3.8, 4) is 0 Å². The summed E-state index contributed by atoms with van der Waals surface area (Å²) in [5.74, 6) is 0. The van der Waals surface area contributed by atoms with E-state index in [0.717, 1.165) is 6.04 Å². The van der Waals surface area contributed by atoms with E-state index in [2.05, 4.69) is 62.0 Å². The van der Waals surface area contributed by atoms with Crippen molar-refractivity contribution in [1.29, 1.82) is 0 Å². The first-order chi connectivity index (χ1) is 11.2. The van der Waals surface area contributed by atoms with Crippen molar-refractivity contribution in [1.82, 2.24) is 0 Å². The van der Waals surface area contributed by atoms with Crippen LogP contribution in [0.4, 0.5) is 0 Å². The van der Waals surface area contributed by atoms with Crippen LogP contribution in [0.3, 0.4) is 0 Å². The number of benzene rings is 2. The van der Waals surface area contributed by atoms with Crippen LogP contribution in [-0.2, 0) is 13.0 Å². The van der Waals surface area contributed by atoms with E-state index in [1.807, 2.05) is 12.1 Å². The molecule has 0 bridgehead atoms. The summed E-state index contributed by atoms with van der Waals surface area (Å²) in [6.07, 6.45) is 0. The van der Waals surface area contributed by atoms with Crippen LogP contribution in [0.1, 0.15) is 6.92 Å². The predicted octanol–water partition coefficient (Wildman–Crippen LogP) is 2.74. The van der Waals surface area contributed by atoms with E-state index in [1.54, 1.807) is 19.9 Å². The molecule has 0 aliphatic heterocycles. The highest BCUT2D eigenvalue weighted by molar-refractivity contribution is 7.01. The molecule has 2 aromatic carbocycles. The third kappa shape index (κ3) is 3.54. The molecule has 0 radical (unpaired) electrons. The van der Waals surface area contributed by atoms with E-state index in [4.69, 9.17) is 13.0 Å². The van der Waals surface area contributed by atoms with Gasteiger partial charge in [0.2, 0.25) is 8.32 Å². The van der Waals surface area contributed by atoms with Crippen molar-refractivity contribution in [2.75, 3.05) is 14.2 Å². The zero-order valence-corrected chi connectivity index (χ0v) is 16.0. The van der Waals surface area contributed by atoms with Gasteiger partial charge < -0.3 is 13.0 Å². The minimum absolute atomic E-state index is 0.885. The lowest BCUT2D eigenvalue weighted by atomic mass is 10.4. The van der Waals surface area contributed by atoms with Gasteiger partial charge in [-0.15, -0.1) is 0 Å². The first kappa shape index (κ1) is 17.8. The van der Waals surface area contributed by atoms with Gasteiger partial charge in [-0.1, -0.05) is 74.2 Å². The lowest BCUT2D eigenvalue weighted by molar-refractivity contribution is 0.175. The van der Waals surface area contributed by atoms with Gasteiger partial charge in [0.1, 0.15) is 0 Å². The second kappa shape index (κ2) is 7.85. The van der Waals surface area contributed by atoms with Crippen LogP contribution in [0.2, 0.25) is 6.04 Å². The highest BCUT2D eigenvalue weighted by atomic mass is 28.5. The van der Waals surface area contributed by atoms with E-state index in [9.17, 15) is 0 Å². The summed E-state index contributed by atoms with van der Waals surface area (Å²) in [5, 5.41) is 2.42. The minimum Gasteiger partial charge on any atom is -0.404 e. The van der Waals surface area contributed by atoms with Gasteiger partial charge in [-0.25, -0.2) is 0 Å². The quantitative estimate of drug-likeness (QED) is 0.689. The van der Waals surface area contributed by atoms with Gasteiger partial charge in [0.25, 0.3) is 0 Å². The van der Waals surface area contributed by atoms with Gasteiger partial charge in [0.15, 0.2) is 0 Å². The summed E-state index contributed by atoms with van der Waals surface area (Å²) in [4.78, 5) is 0. The maximum Gasteiger partial charge on any atom is 0.518 e. The van der Waals surface area contributed by atoms with Crippen molar-refractivity contribution < 1.29 is 13.0 Å². The van der Waals surface area contributed by atoms with E-state index in [-0.39, 0.29) is 0 Å². The van der Waals surface area contributed by atoms with Crippen LogP contribution in [0, 0.1) is 0 Å². The van der Waals surface area contributed by atoms with Crippen LogP contribution in [0.25, 0.3) is 0 Å². The highest BCUT2D eigenvalue weighted by Crippen LogP contribution is 2.21. The Bertz CT molecular complexity index is 573. The first-order valence-corrected chi connectivity index (χ1v) is 11.6. The van der Waals surface area contributed by atoms with Gasteiger partial charge in [-0.05, 0) is 22.1 Å². The monoisotopic (exact) mass is 344 g/mol. The molecule has 122 valence electrons. The Balaban J connectivity index is 2.62. The van der Waals surface area contributed by atoms with Crippen LogP contribution in [-0.4, -0.2) is 31.3 Å². The summed E-state index contributed by atoms with van der Waals surface area (Å²) >= 11 is 0. The second-order valence-electron chi connectivity index (χ2n) is 5.23. The molecule has 2 rings (SSSR count). The fraction of sp³-hybridized carbons (Fsp3) is 0.222. The molecule has 0 N–H and O–H groups in total. The molecule has 23 heavy (non-hydrogen) atoms. The molecule has 0 aliphatic rings. The SMILES string of the molecule is C=C[Si](OC)(OC)O[Si](CC)(c1ccccc1)c1ccccc1. The maximum atomic E-state index is 6.71. The average molecular weight is 345 g/mol. The summed E-state index contributed by atoms with van der Waals surface area (Å²) in [6.45, 7) is 6.06. The molecular weight excluding hydrogens is 320 g/mol. The molecular formula is C18H24O3Si2. The van der Waals surface area contributed by atoms with Crippen LogP contribution in [0.5, 0.6) is 0 Å². The van der Waals surface area contributed by atoms with E-state index >= 15 is 0 Å². The molecule has 0 aliphatic carbocycles. The molecule has 0 fully saturated rings. The Morgan fingerprint density at radius 2 is 1.30 bits per heavy atom. The first-order valence-electron chi connectivity index (χ1n) is 7.71. The molecule has 5 heteroatoms. The Morgan fingerprint density at radius 1 is 0.870 bits per heavy atom. The van der Waals surface area contributed by atoms with Crippen LogP contribution in [0.15, 0.2) is 72.9 Å². The molecule has 0 saturated heterocycles. The molecule has 0 spiro atoms. The van der Waals surface area contributed by atoms with E-state index < -0.39 is 17.1 Å². The number of hydrogen-bond acceptors (Lipinski definition) is 3. The Morgan fingerprint density at radius 3 is 1.61 bits per heavy atom.